The van der Waals surface area contributed by atoms with Gasteiger partial charge in [-0.25, -0.2) is 4.79 Å². The summed E-state index contributed by atoms with van der Waals surface area (Å²) in [5.41, 5.74) is 3.72. The van der Waals surface area contributed by atoms with Crippen molar-refractivity contribution in [2.45, 2.75) is 111 Å². The molecule has 220 valence electrons. The lowest BCUT2D eigenvalue weighted by Crippen LogP contribution is -2.21. The van der Waals surface area contributed by atoms with Gasteiger partial charge in [0.15, 0.2) is 0 Å². The number of unbranched alkanes of at least 4 members (excludes halogenated alkanes) is 9. The van der Waals surface area contributed by atoms with Crippen molar-refractivity contribution in [1.29, 1.82) is 0 Å². The van der Waals surface area contributed by atoms with Gasteiger partial charge >= 0.3 is 6.03 Å². The number of carbonyl (C=O) groups is 1. The van der Waals surface area contributed by atoms with E-state index < -0.39 is 0 Å². The van der Waals surface area contributed by atoms with Crippen LogP contribution in [-0.2, 0) is 12.0 Å². The van der Waals surface area contributed by atoms with Gasteiger partial charge in [0.05, 0.1) is 12.5 Å². The number of nitrogens with one attached hydrogen (secondary N) is 2. The standard InChI is InChI=1S/C34H51N3O2S/c1-6-7-8-9-10-11-12-13-14-15-21-39-32-20-19-30(23-31(32)34(3,4)5)36-33(38)35-29-18-16-17-28(22-29)25-37-24-27(2)40-26-37/h16-20,22-24H,6-15,21,25-26H2,1-5H3,(H2,35,36,38). The lowest BCUT2D eigenvalue weighted by Gasteiger charge is -2.24. The topological polar surface area (TPSA) is 53.6 Å². The second-order valence-corrected chi connectivity index (χ2v) is 13.2. The average Bonchev–Trinajstić information content (AvgIpc) is 3.31. The molecule has 0 aromatic heterocycles. The van der Waals surface area contributed by atoms with Crippen LogP contribution in [0.3, 0.4) is 0 Å². The van der Waals surface area contributed by atoms with Gasteiger partial charge in [-0.05, 0) is 59.6 Å². The molecule has 0 atom stereocenters. The molecule has 0 spiro atoms. The molecule has 0 fully saturated rings. The first kappa shape index (κ1) is 31.9. The number of thioether (sulfide) groups is 1. The SMILES string of the molecule is CCCCCCCCCCCCOc1ccc(NC(=O)Nc2cccc(CN3C=C(C)SC3)c2)cc1C(C)(C)C. The molecule has 2 aromatic rings. The highest BCUT2D eigenvalue weighted by atomic mass is 32.2. The summed E-state index contributed by atoms with van der Waals surface area (Å²) in [6.45, 7) is 12.5. The maximum absolute atomic E-state index is 12.8. The highest BCUT2D eigenvalue weighted by molar-refractivity contribution is 8.03. The third kappa shape index (κ3) is 11.5. The Hall–Kier alpha value is -2.60. The lowest BCUT2D eigenvalue weighted by molar-refractivity contribution is 0.262. The molecule has 1 aliphatic rings. The summed E-state index contributed by atoms with van der Waals surface area (Å²) < 4.78 is 6.23. The van der Waals surface area contributed by atoms with Crippen LogP contribution in [0.5, 0.6) is 5.75 Å². The highest BCUT2D eigenvalue weighted by Gasteiger charge is 2.20. The van der Waals surface area contributed by atoms with Crippen LogP contribution < -0.4 is 15.4 Å². The molecule has 40 heavy (non-hydrogen) atoms. The van der Waals surface area contributed by atoms with Crippen molar-refractivity contribution in [3.8, 4) is 5.75 Å². The number of amides is 2. The highest BCUT2D eigenvalue weighted by Crippen LogP contribution is 2.34. The molecule has 0 radical (unpaired) electrons. The van der Waals surface area contributed by atoms with Gasteiger partial charge in [0, 0.05) is 29.7 Å². The van der Waals surface area contributed by atoms with E-state index in [-0.39, 0.29) is 11.4 Å². The Balaban J connectivity index is 1.46. The first-order valence-electron chi connectivity index (χ1n) is 15.2. The van der Waals surface area contributed by atoms with Gasteiger partial charge < -0.3 is 20.3 Å². The number of anilines is 2. The zero-order valence-corrected chi connectivity index (χ0v) is 26.3. The van der Waals surface area contributed by atoms with Crippen molar-refractivity contribution < 1.29 is 9.53 Å². The molecule has 6 heteroatoms. The van der Waals surface area contributed by atoms with Gasteiger partial charge in [0.25, 0.3) is 0 Å². The van der Waals surface area contributed by atoms with Crippen molar-refractivity contribution >= 4 is 29.2 Å². The predicted molar refractivity (Wildman–Crippen MR) is 173 cm³/mol. The number of urea groups is 1. The monoisotopic (exact) mass is 565 g/mol. The summed E-state index contributed by atoms with van der Waals surface area (Å²) in [7, 11) is 0. The van der Waals surface area contributed by atoms with E-state index in [1.54, 1.807) is 0 Å². The van der Waals surface area contributed by atoms with Crippen LogP contribution in [0.25, 0.3) is 0 Å². The van der Waals surface area contributed by atoms with Crippen molar-refractivity contribution in [1.82, 2.24) is 4.90 Å². The Morgan fingerprint density at radius 2 is 1.55 bits per heavy atom. The Labute approximate surface area is 247 Å². The molecule has 1 aliphatic heterocycles. The van der Waals surface area contributed by atoms with E-state index in [2.05, 4.69) is 62.4 Å². The average molecular weight is 566 g/mol. The Kier molecular flexibility index (Phi) is 13.3. The van der Waals surface area contributed by atoms with Crippen molar-refractivity contribution in [3.63, 3.8) is 0 Å². The quantitative estimate of drug-likeness (QED) is 0.199. The van der Waals surface area contributed by atoms with Gasteiger partial charge in [0.2, 0.25) is 0 Å². The minimum atomic E-state index is -0.247. The first-order valence-corrected chi connectivity index (χ1v) is 16.2. The van der Waals surface area contributed by atoms with Gasteiger partial charge in [0.1, 0.15) is 5.75 Å². The molecule has 2 amide bonds. The zero-order chi connectivity index (χ0) is 28.8. The van der Waals surface area contributed by atoms with Gasteiger partial charge in [-0.15, -0.1) is 11.8 Å². The predicted octanol–water partition coefficient (Wildman–Crippen LogP) is 10.3. The largest absolute Gasteiger partial charge is 0.493 e. The third-order valence-electron chi connectivity index (χ3n) is 7.19. The third-order valence-corrected chi connectivity index (χ3v) is 8.22. The molecule has 0 saturated carbocycles. The number of hydrogen-bond donors (Lipinski definition) is 2. The van der Waals surface area contributed by atoms with Crippen molar-refractivity contribution in [2.24, 2.45) is 0 Å². The van der Waals surface area contributed by atoms with E-state index >= 15 is 0 Å². The summed E-state index contributed by atoms with van der Waals surface area (Å²) in [5, 5.41) is 6.00. The molecule has 0 saturated heterocycles. The number of rotatable bonds is 16. The maximum atomic E-state index is 12.8. The molecule has 0 unspecified atom stereocenters. The van der Waals surface area contributed by atoms with E-state index in [9.17, 15) is 4.79 Å². The second-order valence-electron chi connectivity index (χ2n) is 12.0. The number of ether oxygens (including phenoxy) is 1. The van der Waals surface area contributed by atoms with E-state index in [1.807, 2.05) is 48.2 Å². The molecular weight excluding hydrogens is 514 g/mol. The molecule has 5 nitrogen and oxygen atoms in total. The van der Waals surface area contributed by atoms with Gasteiger partial charge in [-0.2, -0.15) is 0 Å². The molecule has 0 aliphatic carbocycles. The van der Waals surface area contributed by atoms with E-state index in [4.69, 9.17) is 4.74 Å². The number of nitrogens with zero attached hydrogens (tertiary/aromatic N) is 1. The van der Waals surface area contributed by atoms with Crippen molar-refractivity contribution in [3.05, 3.63) is 64.7 Å². The summed E-state index contributed by atoms with van der Waals surface area (Å²) in [5.74, 6) is 1.88. The Morgan fingerprint density at radius 3 is 2.17 bits per heavy atom. The van der Waals surface area contributed by atoms with Crippen LogP contribution in [0.2, 0.25) is 0 Å². The van der Waals surface area contributed by atoms with E-state index in [0.717, 1.165) is 48.1 Å². The van der Waals surface area contributed by atoms with Crippen LogP contribution in [0, 0.1) is 0 Å². The fraction of sp³-hybridized carbons (Fsp3) is 0.559. The number of hydrogen-bond acceptors (Lipinski definition) is 4. The summed E-state index contributed by atoms with van der Waals surface area (Å²) in [4.78, 5) is 16.5. The maximum Gasteiger partial charge on any atom is 0.323 e. The molecule has 3 rings (SSSR count). The zero-order valence-electron chi connectivity index (χ0n) is 25.5. The van der Waals surface area contributed by atoms with Crippen LogP contribution in [-0.4, -0.2) is 23.4 Å². The molecule has 2 aromatic carbocycles. The number of carbonyl (C=O) groups excluding carboxylic acids is 1. The molecular formula is C34H51N3O2S. The first-order chi connectivity index (χ1) is 19.2. The van der Waals surface area contributed by atoms with Crippen LogP contribution in [0.1, 0.15) is 110 Å². The van der Waals surface area contributed by atoms with Crippen LogP contribution in [0.4, 0.5) is 16.2 Å². The summed E-state index contributed by atoms with van der Waals surface area (Å²) in [6.07, 6.45) is 15.3. The minimum Gasteiger partial charge on any atom is -0.493 e. The molecule has 2 N–H and O–H groups in total. The van der Waals surface area contributed by atoms with E-state index in [1.165, 1.54) is 68.3 Å². The van der Waals surface area contributed by atoms with Gasteiger partial charge in [-0.3, -0.25) is 0 Å². The minimum absolute atomic E-state index is 0.101. The van der Waals surface area contributed by atoms with Gasteiger partial charge in [-0.1, -0.05) is 97.6 Å². The van der Waals surface area contributed by atoms with Crippen molar-refractivity contribution in [2.75, 3.05) is 23.1 Å². The lowest BCUT2D eigenvalue weighted by atomic mass is 9.86. The Morgan fingerprint density at radius 1 is 0.900 bits per heavy atom. The van der Waals surface area contributed by atoms with E-state index in [0.29, 0.717) is 0 Å². The fourth-order valence-corrected chi connectivity index (χ4v) is 5.73. The second kappa shape index (κ2) is 16.6. The summed E-state index contributed by atoms with van der Waals surface area (Å²) >= 11 is 1.85. The van der Waals surface area contributed by atoms with Crippen LogP contribution in [0.15, 0.2) is 53.6 Å². The number of allylic oxidation sites excluding steroid dienone is 1. The van der Waals surface area contributed by atoms with Crippen LogP contribution >= 0.6 is 11.8 Å². The molecule has 0 bridgehead atoms. The Bertz CT molecular complexity index is 1090. The smallest absolute Gasteiger partial charge is 0.323 e. The summed E-state index contributed by atoms with van der Waals surface area (Å²) in [6, 6.07) is 13.8. The number of benzene rings is 2. The fourth-order valence-electron chi connectivity index (χ4n) is 4.97. The molecule has 1 heterocycles. The normalized spacial score (nSPS) is 13.3.